The van der Waals surface area contributed by atoms with Gasteiger partial charge >= 0.3 is 6.01 Å². The molecule has 0 amide bonds. The predicted octanol–water partition coefficient (Wildman–Crippen LogP) is 2.48. The molecule has 0 radical (unpaired) electrons. The first-order valence-electron chi connectivity index (χ1n) is 7.77. The smallest absolute Gasteiger partial charge is 0.316 e. The van der Waals surface area contributed by atoms with Gasteiger partial charge < -0.3 is 9.47 Å². The van der Waals surface area contributed by atoms with E-state index in [0.717, 1.165) is 17.3 Å². The van der Waals surface area contributed by atoms with Gasteiger partial charge in [-0.15, -0.1) is 0 Å². The molecule has 0 N–H and O–H groups in total. The summed E-state index contributed by atoms with van der Waals surface area (Å²) in [4.78, 5) is 8.39. The molecule has 1 fully saturated rings. The van der Waals surface area contributed by atoms with Gasteiger partial charge in [0.25, 0.3) is 0 Å². The summed E-state index contributed by atoms with van der Waals surface area (Å²) in [5.74, 6) is 0.617. The van der Waals surface area contributed by atoms with Crippen LogP contribution in [0.2, 0.25) is 0 Å². The van der Waals surface area contributed by atoms with Crippen LogP contribution in [-0.2, 0) is 10.0 Å². The topological polar surface area (TPSA) is 81.6 Å². The molecule has 0 aliphatic carbocycles. The van der Waals surface area contributed by atoms with E-state index in [9.17, 15) is 8.42 Å². The van der Waals surface area contributed by atoms with Gasteiger partial charge in [-0.3, -0.25) is 0 Å². The van der Waals surface area contributed by atoms with Crippen molar-refractivity contribution >= 4 is 26.0 Å². The Labute approximate surface area is 155 Å². The molecule has 0 bridgehead atoms. The summed E-state index contributed by atoms with van der Waals surface area (Å²) in [5, 5.41) is 0. The van der Waals surface area contributed by atoms with Gasteiger partial charge in [0.1, 0.15) is 11.9 Å². The molecule has 1 aliphatic heterocycles. The van der Waals surface area contributed by atoms with Gasteiger partial charge in [-0.1, -0.05) is 0 Å². The first-order valence-corrected chi connectivity index (χ1v) is 10.0. The molecular weight excluding hydrogens is 410 g/mol. The molecule has 1 unspecified atom stereocenters. The van der Waals surface area contributed by atoms with Crippen molar-refractivity contribution in [2.75, 3.05) is 20.2 Å². The van der Waals surface area contributed by atoms with Crippen molar-refractivity contribution < 1.29 is 17.9 Å². The standard InChI is InChI=1S/C16H18BrN3O4S/c1-23-13-4-6-15(7-5-13)25(21,22)20-8-2-3-14(11-20)24-16-18-9-12(17)10-19-16/h4-7,9-10,14H,2-3,8,11H2,1H3. The highest BCUT2D eigenvalue weighted by Gasteiger charge is 2.31. The van der Waals surface area contributed by atoms with Crippen molar-refractivity contribution in [3.63, 3.8) is 0 Å². The summed E-state index contributed by atoms with van der Waals surface area (Å²) in [5.41, 5.74) is 0. The quantitative estimate of drug-likeness (QED) is 0.728. The van der Waals surface area contributed by atoms with Gasteiger partial charge in [-0.05, 0) is 53.0 Å². The molecule has 0 spiro atoms. The number of rotatable bonds is 5. The molecule has 1 atom stereocenters. The molecule has 1 aromatic heterocycles. The molecule has 1 aliphatic rings. The van der Waals surface area contributed by atoms with E-state index in [-0.39, 0.29) is 23.6 Å². The van der Waals surface area contributed by atoms with Gasteiger partial charge in [0.05, 0.1) is 23.0 Å². The lowest BCUT2D eigenvalue weighted by Gasteiger charge is -2.31. The van der Waals surface area contributed by atoms with Crippen LogP contribution in [0.15, 0.2) is 46.0 Å². The second-order valence-corrected chi connectivity index (χ2v) is 8.46. The molecule has 2 aromatic rings. The summed E-state index contributed by atoms with van der Waals surface area (Å²) in [6, 6.07) is 6.63. The molecular formula is C16H18BrN3O4S. The van der Waals surface area contributed by atoms with Crippen molar-refractivity contribution in [3.8, 4) is 11.8 Å². The second kappa shape index (κ2) is 7.67. The number of ether oxygens (including phenoxy) is 2. The normalized spacial score (nSPS) is 18.7. The van der Waals surface area contributed by atoms with Crippen LogP contribution in [-0.4, -0.2) is 49.0 Å². The SMILES string of the molecule is COc1ccc(S(=O)(=O)N2CCCC(Oc3ncc(Br)cn3)C2)cc1. The van der Waals surface area contributed by atoms with Crippen LogP contribution < -0.4 is 9.47 Å². The van der Waals surface area contributed by atoms with Gasteiger partial charge in [0.2, 0.25) is 10.0 Å². The summed E-state index contributed by atoms with van der Waals surface area (Å²) in [6.07, 6.45) is 4.39. The van der Waals surface area contributed by atoms with Gasteiger partial charge in [0, 0.05) is 18.9 Å². The maximum atomic E-state index is 12.8. The Kier molecular flexibility index (Phi) is 5.55. The average Bonchev–Trinajstić information content (AvgIpc) is 2.64. The average molecular weight is 428 g/mol. The van der Waals surface area contributed by atoms with E-state index in [1.807, 2.05) is 0 Å². The lowest BCUT2D eigenvalue weighted by molar-refractivity contribution is 0.119. The number of benzene rings is 1. The van der Waals surface area contributed by atoms with E-state index in [4.69, 9.17) is 9.47 Å². The van der Waals surface area contributed by atoms with Crippen LogP contribution in [0.3, 0.4) is 0 Å². The van der Waals surface area contributed by atoms with Gasteiger partial charge in [-0.2, -0.15) is 4.31 Å². The van der Waals surface area contributed by atoms with Crippen molar-refractivity contribution in [3.05, 3.63) is 41.1 Å². The van der Waals surface area contributed by atoms with Gasteiger partial charge in [0.15, 0.2) is 0 Å². The Morgan fingerprint density at radius 1 is 1.20 bits per heavy atom. The molecule has 1 aromatic carbocycles. The van der Waals surface area contributed by atoms with E-state index < -0.39 is 10.0 Å². The number of halogens is 1. The van der Waals surface area contributed by atoms with E-state index in [1.165, 1.54) is 4.31 Å². The zero-order valence-electron chi connectivity index (χ0n) is 13.6. The van der Waals surface area contributed by atoms with E-state index in [1.54, 1.807) is 43.8 Å². The van der Waals surface area contributed by atoms with Crippen molar-refractivity contribution in [2.24, 2.45) is 0 Å². The number of hydrogen-bond donors (Lipinski definition) is 0. The van der Waals surface area contributed by atoms with Crippen LogP contribution in [0.5, 0.6) is 11.8 Å². The van der Waals surface area contributed by atoms with Crippen molar-refractivity contribution in [2.45, 2.75) is 23.8 Å². The van der Waals surface area contributed by atoms with E-state index >= 15 is 0 Å². The van der Waals surface area contributed by atoms with Crippen molar-refractivity contribution in [1.29, 1.82) is 0 Å². The number of methoxy groups -OCH3 is 1. The van der Waals surface area contributed by atoms with Crippen LogP contribution in [0.1, 0.15) is 12.8 Å². The number of sulfonamides is 1. The Morgan fingerprint density at radius 2 is 1.88 bits per heavy atom. The van der Waals surface area contributed by atoms with Crippen LogP contribution in [0, 0.1) is 0 Å². The number of nitrogens with zero attached hydrogens (tertiary/aromatic N) is 3. The lowest BCUT2D eigenvalue weighted by Crippen LogP contribution is -2.44. The molecule has 134 valence electrons. The molecule has 9 heteroatoms. The molecule has 0 saturated carbocycles. The first kappa shape index (κ1) is 18.1. The number of hydrogen-bond acceptors (Lipinski definition) is 6. The maximum absolute atomic E-state index is 12.8. The minimum atomic E-state index is -3.57. The van der Waals surface area contributed by atoms with Crippen LogP contribution in [0.4, 0.5) is 0 Å². The summed E-state index contributed by atoms with van der Waals surface area (Å²) < 4.78 is 38.7. The largest absolute Gasteiger partial charge is 0.497 e. The summed E-state index contributed by atoms with van der Waals surface area (Å²) in [7, 11) is -2.03. The van der Waals surface area contributed by atoms with E-state index in [0.29, 0.717) is 12.3 Å². The Hall–Kier alpha value is -1.71. The Balaban J connectivity index is 1.71. The number of aromatic nitrogens is 2. The third-order valence-electron chi connectivity index (χ3n) is 3.91. The van der Waals surface area contributed by atoms with Crippen molar-refractivity contribution in [1.82, 2.24) is 14.3 Å². The fourth-order valence-electron chi connectivity index (χ4n) is 2.63. The molecule has 2 heterocycles. The predicted molar refractivity (Wildman–Crippen MR) is 95.1 cm³/mol. The fraction of sp³-hybridized carbons (Fsp3) is 0.375. The highest BCUT2D eigenvalue weighted by molar-refractivity contribution is 9.10. The fourth-order valence-corrected chi connectivity index (χ4v) is 4.34. The minimum absolute atomic E-state index is 0.244. The summed E-state index contributed by atoms with van der Waals surface area (Å²) in [6.45, 7) is 0.739. The molecule has 1 saturated heterocycles. The Morgan fingerprint density at radius 3 is 2.52 bits per heavy atom. The third-order valence-corrected chi connectivity index (χ3v) is 6.20. The minimum Gasteiger partial charge on any atom is -0.497 e. The monoisotopic (exact) mass is 427 g/mol. The number of piperidine rings is 1. The van der Waals surface area contributed by atoms with Gasteiger partial charge in [-0.25, -0.2) is 18.4 Å². The second-order valence-electron chi connectivity index (χ2n) is 5.60. The highest BCUT2D eigenvalue weighted by atomic mass is 79.9. The van der Waals surface area contributed by atoms with Crippen LogP contribution >= 0.6 is 15.9 Å². The lowest BCUT2D eigenvalue weighted by atomic mass is 10.1. The summed E-state index contributed by atoms with van der Waals surface area (Å²) >= 11 is 3.27. The Bertz CT molecular complexity index is 812. The first-order chi connectivity index (χ1) is 12.0. The third kappa shape index (κ3) is 4.28. The zero-order valence-corrected chi connectivity index (χ0v) is 16.0. The van der Waals surface area contributed by atoms with E-state index in [2.05, 4.69) is 25.9 Å². The molecule has 3 rings (SSSR count). The molecule has 7 nitrogen and oxygen atoms in total. The van der Waals surface area contributed by atoms with Crippen LogP contribution in [0.25, 0.3) is 0 Å². The zero-order chi connectivity index (χ0) is 17.9. The maximum Gasteiger partial charge on any atom is 0.316 e. The molecule has 25 heavy (non-hydrogen) atoms. The highest BCUT2D eigenvalue weighted by Crippen LogP contribution is 2.24.